The molecule has 1 aromatic heterocycles. The first-order valence-corrected chi connectivity index (χ1v) is 7.39. The molecular formula is C19H15FN2O2. The molecule has 1 heterocycles. The van der Waals surface area contributed by atoms with E-state index in [1.165, 1.54) is 12.1 Å². The van der Waals surface area contributed by atoms with Gasteiger partial charge in [0.15, 0.2) is 0 Å². The second-order valence-corrected chi connectivity index (χ2v) is 5.29. The molecule has 3 aromatic rings. The summed E-state index contributed by atoms with van der Waals surface area (Å²) in [6.45, 7) is 0. The first-order valence-electron chi connectivity index (χ1n) is 7.39. The lowest BCUT2D eigenvalue weighted by Crippen LogP contribution is -2.12. The molecule has 1 atom stereocenters. The van der Waals surface area contributed by atoms with Gasteiger partial charge in [-0.25, -0.2) is 9.18 Å². The molecule has 3 rings (SSSR count). The summed E-state index contributed by atoms with van der Waals surface area (Å²) in [7, 11) is 0. The van der Waals surface area contributed by atoms with Crippen LogP contribution in [0.2, 0.25) is 0 Å². The average molecular weight is 322 g/mol. The summed E-state index contributed by atoms with van der Waals surface area (Å²) < 4.78 is 13.2. The maximum Gasteiger partial charge on any atom is 0.335 e. The Kier molecular flexibility index (Phi) is 4.52. The normalized spacial score (nSPS) is 11.7. The van der Waals surface area contributed by atoms with Crippen LogP contribution in [0.5, 0.6) is 0 Å². The molecule has 0 saturated heterocycles. The van der Waals surface area contributed by atoms with Crippen LogP contribution in [0.1, 0.15) is 27.5 Å². The molecule has 24 heavy (non-hydrogen) atoms. The number of anilines is 1. The molecule has 2 aromatic carbocycles. The van der Waals surface area contributed by atoms with Crippen molar-refractivity contribution < 1.29 is 14.3 Å². The maximum atomic E-state index is 13.2. The third kappa shape index (κ3) is 3.57. The second kappa shape index (κ2) is 6.91. The van der Waals surface area contributed by atoms with Gasteiger partial charge in [0.25, 0.3) is 0 Å². The average Bonchev–Trinajstić information content (AvgIpc) is 2.62. The van der Waals surface area contributed by atoms with Crippen molar-refractivity contribution in [3.63, 3.8) is 0 Å². The summed E-state index contributed by atoms with van der Waals surface area (Å²) in [6, 6.07) is 16.3. The molecule has 2 N–H and O–H groups in total. The minimum atomic E-state index is -0.967. The summed E-state index contributed by atoms with van der Waals surface area (Å²) in [5.41, 5.74) is 2.86. The number of carbonyl (C=O) groups is 1. The highest BCUT2D eigenvalue weighted by Crippen LogP contribution is 2.26. The highest BCUT2D eigenvalue weighted by molar-refractivity contribution is 5.88. The molecule has 0 bridgehead atoms. The van der Waals surface area contributed by atoms with E-state index in [-0.39, 0.29) is 17.4 Å². The van der Waals surface area contributed by atoms with E-state index in [2.05, 4.69) is 10.3 Å². The van der Waals surface area contributed by atoms with E-state index < -0.39 is 5.97 Å². The van der Waals surface area contributed by atoms with Crippen LogP contribution in [-0.2, 0) is 0 Å². The molecule has 0 aliphatic rings. The number of nitrogens with one attached hydrogen (secondary N) is 1. The largest absolute Gasteiger partial charge is 0.478 e. The van der Waals surface area contributed by atoms with E-state index in [0.29, 0.717) is 0 Å². The molecular weight excluding hydrogens is 307 g/mol. The van der Waals surface area contributed by atoms with Crippen LogP contribution in [0.25, 0.3) is 0 Å². The quantitative estimate of drug-likeness (QED) is 0.742. The number of nitrogens with zero attached hydrogens (tertiary/aromatic N) is 1. The number of aromatic nitrogens is 1. The first-order chi connectivity index (χ1) is 11.6. The SMILES string of the molecule is O=C(O)c1ccc(NC(c2ccncc2)c2ccc(F)cc2)cc1. The number of rotatable bonds is 5. The van der Waals surface area contributed by atoms with E-state index in [1.807, 2.05) is 12.1 Å². The van der Waals surface area contributed by atoms with Crippen molar-refractivity contribution in [2.75, 3.05) is 5.32 Å². The van der Waals surface area contributed by atoms with Crippen molar-refractivity contribution in [1.82, 2.24) is 4.98 Å². The minimum Gasteiger partial charge on any atom is -0.478 e. The standard InChI is InChI=1S/C19H15FN2O2/c20-16-5-1-13(2-6-16)18(14-9-11-21-12-10-14)22-17-7-3-15(4-8-17)19(23)24/h1-12,18,22H,(H,23,24). The van der Waals surface area contributed by atoms with E-state index in [9.17, 15) is 9.18 Å². The van der Waals surface area contributed by atoms with E-state index in [4.69, 9.17) is 5.11 Å². The molecule has 0 saturated carbocycles. The van der Waals surface area contributed by atoms with E-state index in [0.717, 1.165) is 16.8 Å². The minimum absolute atomic E-state index is 0.204. The number of carboxylic acid groups (broad SMARTS) is 1. The van der Waals surface area contributed by atoms with Crippen LogP contribution in [0.3, 0.4) is 0 Å². The highest BCUT2D eigenvalue weighted by atomic mass is 19.1. The fourth-order valence-corrected chi connectivity index (χ4v) is 2.45. The van der Waals surface area contributed by atoms with Crippen molar-refractivity contribution in [3.05, 3.63) is 95.6 Å². The van der Waals surface area contributed by atoms with Gasteiger partial charge in [-0.1, -0.05) is 12.1 Å². The summed E-state index contributed by atoms with van der Waals surface area (Å²) in [6.07, 6.45) is 3.39. The smallest absolute Gasteiger partial charge is 0.335 e. The Labute approximate surface area is 138 Å². The lowest BCUT2D eigenvalue weighted by Gasteiger charge is -2.21. The predicted molar refractivity (Wildman–Crippen MR) is 89.5 cm³/mol. The van der Waals surface area contributed by atoms with Gasteiger partial charge in [0.05, 0.1) is 11.6 Å². The summed E-state index contributed by atoms with van der Waals surface area (Å²) >= 11 is 0. The molecule has 120 valence electrons. The number of halogens is 1. The number of pyridine rings is 1. The van der Waals surface area contributed by atoms with Crippen LogP contribution in [-0.4, -0.2) is 16.1 Å². The summed E-state index contributed by atoms with van der Waals surface area (Å²) in [5.74, 6) is -1.26. The van der Waals surface area contributed by atoms with Crippen molar-refractivity contribution in [3.8, 4) is 0 Å². The zero-order chi connectivity index (χ0) is 16.9. The lowest BCUT2D eigenvalue weighted by atomic mass is 9.99. The Morgan fingerprint density at radius 3 is 2.08 bits per heavy atom. The van der Waals surface area contributed by atoms with E-state index >= 15 is 0 Å². The van der Waals surface area contributed by atoms with Crippen LogP contribution >= 0.6 is 0 Å². The molecule has 0 aliphatic carbocycles. The van der Waals surface area contributed by atoms with Crippen LogP contribution in [0.15, 0.2) is 73.1 Å². The Bertz CT molecular complexity index is 818. The molecule has 0 aliphatic heterocycles. The zero-order valence-electron chi connectivity index (χ0n) is 12.7. The van der Waals surface area contributed by atoms with Gasteiger partial charge in [-0.05, 0) is 59.7 Å². The van der Waals surface area contributed by atoms with Crippen LogP contribution in [0.4, 0.5) is 10.1 Å². The highest BCUT2D eigenvalue weighted by Gasteiger charge is 2.14. The van der Waals surface area contributed by atoms with Gasteiger partial charge in [-0.2, -0.15) is 0 Å². The van der Waals surface area contributed by atoms with Gasteiger partial charge in [0, 0.05) is 18.1 Å². The Balaban J connectivity index is 1.93. The van der Waals surface area contributed by atoms with E-state index in [1.54, 1.807) is 48.8 Å². The number of benzene rings is 2. The molecule has 5 heteroatoms. The first kappa shape index (κ1) is 15.7. The number of carboxylic acids is 1. The molecule has 1 unspecified atom stereocenters. The van der Waals surface area contributed by atoms with Crippen molar-refractivity contribution in [2.24, 2.45) is 0 Å². The fourth-order valence-electron chi connectivity index (χ4n) is 2.45. The third-order valence-corrected chi connectivity index (χ3v) is 3.69. The number of hydrogen-bond acceptors (Lipinski definition) is 3. The zero-order valence-corrected chi connectivity index (χ0v) is 12.7. The fraction of sp³-hybridized carbons (Fsp3) is 0.0526. The third-order valence-electron chi connectivity index (χ3n) is 3.69. The van der Waals surface area contributed by atoms with Crippen molar-refractivity contribution in [1.29, 1.82) is 0 Å². The van der Waals surface area contributed by atoms with Gasteiger partial charge >= 0.3 is 5.97 Å². The van der Waals surface area contributed by atoms with Gasteiger partial charge in [-0.3, -0.25) is 4.98 Å². The number of aromatic carboxylic acids is 1. The van der Waals surface area contributed by atoms with Gasteiger partial charge in [-0.15, -0.1) is 0 Å². The lowest BCUT2D eigenvalue weighted by molar-refractivity contribution is 0.0697. The van der Waals surface area contributed by atoms with Crippen LogP contribution < -0.4 is 5.32 Å². The van der Waals surface area contributed by atoms with Gasteiger partial charge in [0.1, 0.15) is 5.82 Å². The number of hydrogen-bond donors (Lipinski definition) is 2. The molecule has 4 nitrogen and oxygen atoms in total. The molecule has 0 radical (unpaired) electrons. The monoisotopic (exact) mass is 322 g/mol. The van der Waals surface area contributed by atoms with Crippen molar-refractivity contribution in [2.45, 2.75) is 6.04 Å². The maximum absolute atomic E-state index is 13.2. The Hall–Kier alpha value is -3.21. The van der Waals surface area contributed by atoms with Crippen molar-refractivity contribution >= 4 is 11.7 Å². The predicted octanol–water partition coefficient (Wildman–Crippen LogP) is 4.12. The van der Waals surface area contributed by atoms with Crippen LogP contribution in [0, 0.1) is 5.82 Å². The van der Waals surface area contributed by atoms with Gasteiger partial charge in [0.2, 0.25) is 0 Å². The van der Waals surface area contributed by atoms with Gasteiger partial charge < -0.3 is 10.4 Å². The summed E-state index contributed by atoms with van der Waals surface area (Å²) in [4.78, 5) is 15.0. The molecule has 0 amide bonds. The summed E-state index contributed by atoms with van der Waals surface area (Å²) in [5, 5.41) is 12.3. The second-order valence-electron chi connectivity index (χ2n) is 5.29. The Morgan fingerprint density at radius 1 is 0.917 bits per heavy atom. The Morgan fingerprint density at radius 2 is 1.50 bits per heavy atom. The molecule has 0 fully saturated rings. The topological polar surface area (TPSA) is 62.2 Å². The molecule has 0 spiro atoms.